The zero-order valence-corrected chi connectivity index (χ0v) is 14.9. The van der Waals surface area contributed by atoms with Gasteiger partial charge in [0.05, 0.1) is 4.92 Å². The molecule has 1 heterocycles. The molecule has 0 aromatic heterocycles. The van der Waals surface area contributed by atoms with Crippen LogP contribution in [0, 0.1) is 13.7 Å². The van der Waals surface area contributed by atoms with Gasteiger partial charge >= 0.3 is 0 Å². The third kappa shape index (κ3) is 3.31. The molecule has 0 fully saturated rings. The summed E-state index contributed by atoms with van der Waals surface area (Å²) in [6.45, 7) is 0. The molecular weight excluding hydrogens is 445 g/mol. The Bertz CT molecular complexity index is 925. The van der Waals surface area contributed by atoms with Gasteiger partial charge in [0, 0.05) is 15.2 Å². The first kappa shape index (κ1) is 16.6. The van der Waals surface area contributed by atoms with Crippen LogP contribution in [-0.2, 0) is 4.79 Å². The maximum atomic E-state index is 12.1. The summed E-state index contributed by atoms with van der Waals surface area (Å²) >= 11 is 7.97. The van der Waals surface area contributed by atoms with Gasteiger partial charge in [0.25, 0.3) is 11.6 Å². The molecule has 0 aliphatic carbocycles. The number of nitrogens with zero attached hydrogens (tertiary/aromatic N) is 2. The number of nitro groups is 1. The molecule has 1 N–H and O–H groups in total. The van der Waals surface area contributed by atoms with Gasteiger partial charge in [-0.15, -0.1) is 0 Å². The quantitative estimate of drug-likeness (QED) is 0.332. The fourth-order valence-corrected chi connectivity index (χ4v) is 2.87. The first-order chi connectivity index (χ1) is 11.5. The first-order valence-electron chi connectivity index (χ1n) is 6.76. The lowest BCUT2D eigenvalue weighted by molar-refractivity contribution is -0.384. The molecule has 8 heteroatoms. The van der Waals surface area contributed by atoms with E-state index in [9.17, 15) is 14.9 Å². The molecule has 1 aliphatic heterocycles. The molecule has 0 unspecified atom stereocenters. The summed E-state index contributed by atoms with van der Waals surface area (Å²) < 4.78 is 0.987. The molecule has 0 saturated heterocycles. The number of amidine groups is 1. The third-order valence-electron chi connectivity index (χ3n) is 3.31. The fraction of sp³-hybridized carbons (Fsp3) is 0. The van der Waals surface area contributed by atoms with Gasteiger partial charge < -0.3 is 5.32 Å². The van der Waals surface area contributed by atoms with Gasteiger partial charge in [-0.05, 0) is 52.4 Å². The molecule has 120 valence electrons. The standard InChI is InChI=1S/C16H9ClIN3O3/c17-11-6-5-10(8-14(11)21(23)24)15-19-13(16(22)20-15)7-9-3-1-2-4-12(9)18/h1-8H,(H,19,20,22)/b13-7-. The van der Waals surface area contributed by atoms with Crippen LogP contribution in [-0.4, -0.2) is 16.7 Å². The number of rotatable bonds is 3. The molecule has 1 aliphatic rings. The van der Waals surface area contributed by atoms with E-state index in [-0.39, 0.29) is 28.1 Å². The van der Waals surface area contributed by atoms with Crippen molar-refractivity contribution in [1.29, 1.82) is 0 Å². The maximum absolute atomic E-state index is 12.1. The van der Waals surface area contributed by atoms with Crippen LogP contribution in [0.25, 0.3) is 6.08 Å². The topological polar surface area (TPSA) is 84.6 Å². The van der Waals surface area contributed by atoms with Crippen molar-refractivity contribution in [2.24, 2.45) is 4.99 Å². The minimum Gasteiger partial charge on any atom is -0.305 e. The van der Waals surface area contributed by atoms with Crippen molar-refractivity contribution in [2.75, 3.05) is 0 Å². The van der Waals surface area contributed by atoms with Gasteiger partial charge in [-0.2, -0.15) is 0 Å². The highest BCUT2D eigenvalue weighted by molar-refractivity contribution is 14.1. The molecule has 6 nitrogen and oxygen atoms in total. The van der Waals surface area contributed by atoms with E-state index >= 15 is 0 Å². The smallest absolute Gasteiger partial charge is 0.288 e. The fourth-order valence-electron chi connectivity index (χ4n) is 2.14. The molecule has 2 aromatic carbocycles. The Morgan fingerprint density at radius 1 is 1.25 bits per heavy atom. The lowest BCUT2D eigenvalue weighted by atomic mass is 10.2. The number of carbonyl (C=O) groups excluding carboxylic acids is 1. The van der Waals surface area contributed by atoms with E-state index < -0.39 is 4.92 Å². The van der Waals surface area contributed by atoms with E-state index in [1.165, 1.54) is 12.1 Å². The molecule has 2 aromatic rings. The summed E-state index contributed by atoms with van der Waals surface area (Å²) in [5.41, 5.74) is 1.30. The molecule has 0 atom stereocenters. The van der Waals surface area contributed by atoms with Gasteiger partial charge in [-0.3, -0.25) is 14.9 Å². The van der Waals surface area contributed by atoms with E-state index in [4.69, 9.17) is 11.6 Å². The van der Waals surface area contributed by atoms with Crippen molar-refractivity contribution >= 4 is 57.7 Å². The Hall–Kier alpha value is -2.26. The highest BCUT2D eigenvalue weighted by atomic mass is 127. The summed E-state index contributed by atoms with van der Waals surface area (Å²) in [6, 6.07) is 11.8. The summed E-state index contributed by atoms with van der Waals surface area (Å²) in [7, 11) is 0. The highest BCUT2D eigenvalue weighted by Gasteiger charge is 2.23. The summed E-state index contributed by atoms with van der Waals surface area (Å²) in [5.74, 6) is -0.0980. The summed E-state index contributed by atoms with van der Waals surface area (Å²) in [5, 5.41) is 13.6. The van der Waals surface area contributed by atoms with Crippen molar-refractivity contribution in [1.82, 2.24) is 5.32 Å². The predicted molar refractivity (Wildman–Crippen MR) is 99.9 cm³/mol. The molecule has 0 radical (unpaired) electrons. The van der Waals surface area contributed by atoms with Crippen molar-refractivity contribution in [2.45, 2.75) is 0 Å². The molecule has 1 amide bonds. The Morgan fingerprint density at radius 2 is 2.00 bits per heavy atom. The van der Waals surface area contributed by atoms with Gasteiger partial charge in [-0.25, -0.2) is 4.99 Å². The molecular formula is C16H9ClIN3O3. The van der Waals surface area contributed by atoms with E-state index in [0.29, 0.717) is 5.56 Å². The van der Waals surface area contributed by atoms with Crippen LogP contribution in [0.15, 0.2) is 53.2 Å². The number of halogens is 2. The van der Waals surface area contributed by atoms with Gasteiger partial charge in [0.2, 0.25) is 0 Å². The van der Waals surface area contributed by atoms with E-state index in [1.54, 1.807) is 12.1 Å². The number of amides is 1. The molecule has 0 spiro atoms. The Balaban J connectivity index is 2.00. The van der Waals surface area contributed by atoms with Crippen LogP contribution in [0.4, 0.5) is 5.69 Å². The molecule has 0 saturated carbocycles. The minimum atomic E-state index is -0.577. The SMILES string of the molecule is O=C1NC(c2ccc(Cl)c([N+](=O)[O-])c2)=N/C1=C\c1ccccc1I. The van der Waals surface area contributed by atoms with Crippen molar-refractivity contribution in [3.63, 3.8) is 0 Å². The lowest BCUT2D eigenvalue weighted by Crippen LogP contribution is -2.24. The second-order valence-corrected chi connectivity index (χ2v) is 6.46. The molecule has 3 rings (SSSR count). The van der Waals surface area contributed by atoms with E-state index in [2.05, 4.69) is 32.9 Å². The average molecular weight is 454 g/mol. The van der Waals surface area contributed by atoms with Crippen LogP contribution in [0.5, 0.6) is 0 Å². The van der Waals surface area contributed by atoms with Gasteiger partial charge in [0.15, 0.2) is 0 Å². The maximum Gasteiger partial charge on any atom is 0.288 e. The lowest BCUT2D eigenvalue weighted by Gasteiger charge is -2.01. The zero-order chi connectivity index (χ0) is 17.3. The minimum absolute atomic E-state index is 0.0308. The number of nitro benzene ring substituents is 1. The average Bonchev–Trinajstić information content (AvgIpc) is 2.91. The van der Waals surface area contributed by atoms with Crippen molar-refractivity contribution < 1.29 is 9.72 Å². The predicted octanol–water partition coefficient (Wildman–Crippen LogP) is 3.77. The second-order valence-electron chi connectivity index (χ2n) is 4.89. The van der Waals surface area contributed by atoms with Crippen molar-refractivity contribution in [3.05, 3.63) is 78.0 Å². The van der Waals surface area contributed by atoms with Crippen LogP contribution >= 0.6 is 34.2 Å². The molecule has 24 heavy (non-hydrogen) atoms. The van der Waals surface area contributed by atoms with Gasteiger partial charge in [-0.1, -0.05) is 29.8 Å². The number of benzene rings is 2. The third-order valence-corrected chi connectivity index (χ3v) is 4.61. The van der Waals surface area contributed by atoms with Crippen LogP contribution in [0.2, 0.25) is 5.02 Å². The van der Waals surface area contributed by atoms with Crippen LogP contribution in [0.1, 0.15) is 11.1 Å². The number of hydrogen-bond acceptors (Lipinski definition) is 4. The monoisotopic (exact) mass is 453 g/mol. The number of carbonyl (C=O) groups is 1. The van der Waals surface area contributed by atoms with Crippen LogP contribution < -0.4 is 5.32 Å². The first-order valence-corrected chi connectivity index (χ1v) is 8.22. The normalized spacial score (nSPS) is 15.3. The summed E-state index contributed by atoms with van der Waals surface area (Å²) in [6.07, 6.45) is 1.68. The van der Waals surface area contributed by atoms with E-state index in [1.807, 2.05) is 24.3 Å². The van der Waals surface area contributed by atoms with E-state index in [0.717, 1.165) is 9.13 Å². The van der Waals surface area contributed by atoms with Crippen LogP contribution in [0.3, 0.4) is 0 Å². The number of hydrogen-bond donors (Lipinski definition) is 1. The Morgan fingerprint density at radius 3 is 2.71 bits per heavy atom. The molecule has 0 bridgehead atoms. The largest absolute Gasteiger partial charge is 0.305 e. The zero-order valence-electron chi connectivity index (χ0n) is 12.0. The Kier molecular flexibility index (Phi) is 4.63. The second kappa shape index (κ2) is 6.70. The number of nitrogens with one attached hydrogen (secondary N) is 1. The number of aliphatic imine (C=N–C) groups is 1. The highest BCUT2D eigenvalue weighted by Crippen LogP contribution is 2.26. The summed E-state index contributed by atoms with van der Waals surface area (Å²) in [4.78, 5) is 26.8. The van der Waals surface area contributed by atoms with Crippen molar-refractivity contribution in [3.8, 4) is 0 Å². The van der Waals surface area contributed by atoms with Gasteiger partial charge in [0.1, 0.15) is 16.6 Å². The Labute approximate surface area is 155 Å².